The molecule has 70 valence electrons. The Kier molecular flexibility index (Phi) is 1.25. The monoisotopic (exact) mass is 177 g/mol. The fourth-order valence-corrected chi connectivity index (χ4v) is 2.38. The highest BCUT2D eigenvalue weighted by atomic mass is 15.3. The van der Waals surface area contributed by atoms with E-state index >= 15 is 0 Å². The summed E-state index contributed by atoms with van der Waals surface area (Å²) in [7, 11) is 2.04. The van der Waals surface area contributed by atoms with E-state index < -0.39 is 0 Å². The first kappa shape index (κ1) is 7.56. The molecule has 1 aromatic heterocycles. The van der Waals surface area contributed by atoms with E-state index in [1.807, 2.05) is 11.7 Å². The average Bonchev–Trinajstić information content (AvgIpc) is 2.62. The molecule has 0 aromatic carbocycles. The second kappa shape index (κ2) is 2.15. The Morgan fingerprint density at radius 1 is 1.38 bits per heavy atom. The first-order chi connectivity index (χ1) is 6.21. The molecule has 0 atom stereocenters. The summed E-state index contributed by atoms with van der Waals surface area (Å²) in [6.07, 6.45) is 5.91. The summed E-state index contributed by atoms with van der Waals surface area (Å²) in [4.78, 5) is 0. The fraction of sp³-hybridized carbons (Fsp3) is 0.700. The van der Waals surface area contributed by atoms with E-state index in [1.165, 1.54) is 36.2 Å². The van der Waals surface area contributed by atoms with Crippen molar-refractivity contribution in [3.63, 3.8) is 0 Å². The van der Waals surface area contributed by atoms with E-state index in [0.29, 0.717) is 0 Å². The van der Waals surface area contributed by atoms with E-state index in [9.17, 15) is 0 Å². The fourth-order valence-electron chi connectivity index (χ4n) is 2.38. The molecule has 0 aliphatic heterocycles. The molecule has 2 aliphatic carbocycles. The van der Waals surface area contributed by atoms with Gasteiger partial charge in [0.2, 0.25) is 0 Å². The normalized spacial score (nSPS) is 23.2. The minimum absolute atomic E-state index is 0.0459. The minimum Gasteiger partial charge on any atom is -0.320 e. The Hall–Kier alpha value is -0.830. The molecule has 3 rings (SSSR count). The SMILES string of the molecule is Cn1nc(C2(N)CC2)c2c1CCC2. The van der Waals surface area contributed by atoms with Crippen LogP contribution in [0.4, 0.5) is 0 Å². The van der Waals surface area contributed by atoms with Crippen molar-refractivity contribution in [3.05, 3.63) is 17.0 Å². The van der Waals surface area contributed by atoms with Crippen molar-refractivity contribution < 1.29 is 0 Å². The predicted molar refractivity (Wildman–Crippen MR) is 50.3 cm³/mol. The van der Waals surface area contributed by atoms with E-state index in [1.54, 1.807) is 0 Å². The molecule has 1 saturated carbocycles. The van der Waals surface area contributed by atoms with Crippen LogP contribution in [0.3, 0.4) is 0 Å². The standard InChI is InChI=1S/C10H15N3/c1-13-8-4-2-3-7(8)9(12-13)10(11)5-6-10/h2-6,11H2,1H3. The summed E-state index contributed by atoms with van der Waals surface area (Å²) in [5.41, 5.74) is 10.2. The molecule has 2 N–H and O–H groups in total. The number of rotatable bonds is 1. The first-order valence-corrected chi connectivity index (χ1v) is 5.05. The number of hydrogen-bond donors (Lipinski definition) is 1. The van der Waals surface area contributed by atoms with E-state index in [4.69, 9.17) is 5.73 Å². The maximum Gasteiger partial charge on any atom is 0.0857 e. The zero-order valence-electron chi connectivity index (χ0n) is 8.01. The number of nitrogens with two attached hydrogens (primary N) is 1. The van der Waals surface area contributed by atoms with Gasteiger partial charge in [-0.1, -0.05) is 0 Å². The second-order valence-corrected chi connectivity index (χ2v) is 4.41. The molecule has 0 unspecified atom stereocenters. The quantitative estimate of drug-likeness (QED) is 0.691. The van der Waals surface area contributed by atoms with Crippen LogP contribution in [0.5, 0.6) is 0 Å². The maximum absolute atomic E-state index is 6.18. The van der Waals surface area contributed by atoms with Crippen LogP contribution in [0.25, 0.3) is 0 Å². The lowest BCUT2D eigenvalue weighted by Crippen LogP contribution is -2.21. The molecule has 0 amide bonds. The highest BCUT2D eigenvalue weighted by Gasteiger charge is 2.45. The van der Waals surface area contributed by atoms with Gasteiger partial charge in [-0.2, -0.15) is 5.10 Å². The topological polar surface area (TPSA) is 43.8 Å². The van der Waals surface area contributed by atoms with Gasteiger partial charge in [0, 0.05) is 12.7 Å². The lowest BCUT2D eigenvalue weighted by molar-refractivity contribution is 0.633. The Morgan fingerprint density at radius 2 is 2.15 bits per heavy atom. The molecular formula is C10H15N3. The van der Waals surface area contributed by atoms with Gasteiger partial charge in [-0.25, -0.2) is 0 Å². The van der Waals surface area contributed by atoms with Crippen molar-refractivity contribution >= 4 is 0 Å². The van der Waals surface area contributed by atoms with Crippen LogP contribution >= 0.6 is 0 Å². The number of aromatic nitrogens is 2. The van der Waals surface area contributed by atoms with Crippen molar-refractivity contribution in [2.24, 2.45) is 12.8 Å². The lowest BCUT2D eigenvalue weighted by atomic mass is 10.1. The Balaban J connectivity index is 2.16. The van der Waals surface area contributed by atoms with Crippen molar-refractivity contribution in [2.45, 2.75) is 37.6 Å². The van der Waals surface area contributed by atoms with Crippen molar-refractivity contribution in [3.8, 4) is 0 Å². The molecule has 1 fully saturated rings. The zero-order chi connectivity index (χ0) is 9.05. The van der Waals surface area contributed by atoms with Crippen LogP contribution < -0.4 is 5.73 Å². The zero-order valence-corrected chi connectivity index (χ0v) is 8.01. The van der Waals surface area contributed by atoms with Gasteiger partial charge in [0.25, 0.3) is 0 Å². The van der Waals surface area contributed by atoms with E-state index in [-0.39, 0.29) is 5.54 Å². The van der Waals surface area contributed by atoms with Gasteiger partial charge in [-0.15, -0.1) is 0 Å². The molecule has 1 heterocycles. The Morgan fingerprint density at radius 3 is 2.85 bits per heavy atom. The third-order valence-corrected chi connectivity index (χ3v) is 3.38. The third-order valence-electron chi connectivity index (χ3n) is 3.38. The summed E-state index contributed by atoms with van der Waals surface area (Å²) in [6, 6.07) is 0. The molecule has 0 saturated heterocycles. The van der Waals surface area contributed by atoms with Gasteiger partial charge in [-0.3, -0.25) is 4.68 Å². The molecule has 2 aliphatic rings. The van der Waals surface area contributed by atoms with Crippen molar-refractivity contribution in [2.75, 3.05) is 0 Å². The lowest BCUT2D eigenvalue weighted by Gasteiger charge is -2.05. The van der Waals surface area contributed by atoms with Gasteiger partial charge < -0.3 is 5.73 Å². The average molecular weight is 177 g/mol. The second-order valence-electron chi connectivity index (χ2n) is 4.41. The largest absolute Gasteiger partial charge is 0.320 e. The van der Waals surface area contributed by atoms with Gasteiger partial charge in [0.05, 0.1) is 11.2 Å². The Bertz CT molecular complexity index is 360. The molecule has 3 nitrogen and oxygen atoms in total. The number of fused-ring (bicyclic) bond motifs is 1. The maximum atomic E-state index is 6.18. The molecular weight excluding hydrogens is 162 g/mol. The van der Waals surface area contributed by atoms with Crippen LogP contribution in [0.1, 0.15) is 36.2 Å². The third kappa shape index (κ3) is 0.908. The molecule has 1 aromatic rings. The summed E-state index contributed by atoms with van der Waals surface area (Å²) in [5.74, 6) is 0. The van der Waals surface area contributed by atoms with Gasteiger partial charge in [0.1, 0.15) is 0 Å². The summed E-state index contributed by atoms with van der Waals surface area (Å²) < 4.78 is 2.03. The molecule has 0 bridgehead atoms. The predicted octanol–water partition coefficient (Wildman–Crippen LogP) is 0.857. The first-order valence-electron chi connectivity index (χ1n) is 5.05. The van der Waals surface area contributed by atoms with Crippen LogP contribution in [0.2, 0.25) is 0 Å². The number of aryl methyl sites for hydroxylation is 1. The van der Waals surface area contributed by atoms with Crippen LogP contribution in [0, 0.1) is 0 Å². The highest BCUT2D eigenvalue weighted by molar-refractivity contribution is 5.37. The van der Waals surface area contributed by atoms with Crippen molar-refractivity contribution in [1.29, 1.82) is 0 Å². The van der Waals surface area contributed by atoms with Crippen molar-refractivity contribution in [1.82, 2.24) is 9.78 Å². The van der Waals surface area contributed by atoms with Gasteiger partial charge in [0.15, 0.2) is 0 Å². The summed E-state index contributed by atoms with van der Waals surface area (Å²) in [5, 5.41) is 4.56. The van der Waals surface area contributed by atoms with E-state index in [2.05, 4.69) is 5.10 Å². The van der Waals surface area contributed by atoms with Gasteiger partial charge >= 0.3 is 0 Å². The molecule has 3 heteroatoms. The van der Waals surface area contributed by atoms with Crippen LogP contribution in [-0.4, -0.2) is 9.78 Å². The van der Waals surface area contributed by atoms with Crippen LogP contribution in [0.15, 0.2) is 0 Å². The van der Waals surface area contributed by atoms with E-state index in [0.717, 1.165) is 12.8 Å². The molecule has 0 radical (unpaired) electrons. The summed E-state index contributed by atoms with van der Waals surface area (Å²) >= 11 is 0. The smallest absolute Gasteiger partial charge is 0.0857 e. The highest BCUT2D eigenvalue weighted by Crippen LogP contribution is 2.45. The Labute approximate surface area is 77.9 Å². The molecule has 13 heavy (non-hydrogen) atoms. The number of hydrogen-bond acceptors (Lipinski definition) is 2. The molecule has 0 spiro atoms. The summed E-state index contributed by atoms with van der Waals surface area (Å²) in [6.45, 7) is 0. The number of nitrogens with zero attached hydrogens (tertiary/aromatic N) is 2. The van der Waals surface area contributed by atoms with Gasteiger partial charge in [-0.05, 0) is 37.7 Å². The van der Waals surface area contributed by atoms with Crippen LogP contribution in [-0.2, 0) is 25.4 Å². The minimum atomic E-state index is -0.0459.